The van der Waals surface area contributed by atoms with Crippen molar-refractivity contribution in [2.75, 3.05) is 0 Å². The van der Waals surface area contributed by atoms with E-state index < -0.39 is 11.8 Å². The molecule has 1 N–H and O–H groups in total. The molecule has 0 saturated heterocycles. The molecule has 0 saturated carbocycles. The standard InChI is InChI=1S/C13H13FN4O2S/c14-10-8(12(19)20)5-6-15-11(10)21-13-17-16-9-4-2-1-3-7-18(9)13/h5-6H,1-4,7H2,(H,19,20). The van der Waals surface area contributed by atoms with Crippen LogP contribution in [0.4, 0.5) is 4.39 Å². The quantitative estimate of drug-likeness (QED) is 0.937. The molecule has 0 unspecified atom stereocenters. The third-order valence-corrected chi connectivity index (χ3v) is 4.31. The highest BCUT2D eigenvalue weighted by Gasteiger charge is 2.20. The summed E-state index contributed by atoms with van der Waals surface area (Å²) in [5.41, 5.74) is -0.386. The second-order valence-electron chi connectivity index (χ2n) is 4.75. The van der Waals surface area contributed by atoms with Crippen molar-refractivity contribution in [3.8, 4) is 0 Å². The number of aromatic nitrogens is 4. The summed E-state index contributed by atoms with van der Waals surface area (Å²) < 4.78 is 16.1. The number of rotatable bonds is 3. The summed E-state index contributed by atoms with van der Waals surface area (Å²) in [5.74, 6) is -1.25. The average molecular weight is 308 g/mol. The summed E-state index contributed by atoms with van der Waals surface area (Å²) in [7, 11) is 0. The van der Waals surface area contributed by atoms with Gasteiger partial charge in [-0.1, -0.05) is 6.42 Å². The van der Waals surface area contributed by atoms with Gasteiger partial charge in [0.05, 0.1) is 5.56 Å². The van der Waals surface area contributed by atoms with Crippen molar-refractivity contribution in [3.63, 3.8) is 0 Å². The van der Waals surface area contributed by atoms with E-state index >= 15 is 0 Å². The second kappa shape index (κ2) is 5.80. The Labute approximate surface area is 124 Å². The number of carboxylic acids is 1. The highest BCUT2D eigenvalue weighted by Crippen LogP contribution is 2.29. The van der Waals surface area contributed by atoms with Crippen LogP contribution < -0.4 is 0 Å². The van der Waals surface area contributed by atoms with Gasteiger partial charge in [-0.3, -0.25) is 0 Å². The summed E-state index contributed by atoms with van der Waals surface area (Å²) in [4.78, 5) is 14.9. The third-order valence-electron chi connectivity index (χ3n) is 3.35. The van der Waals surface area contributed by atoms with Crippen molar-refractivity contribution in [1.29, 1.82) is 0 Å². The average Bonchev–Trinajstić information content (AvgIpc) is 2.69. The number of carbonyl (C=O) groups is 1. The van der Waals surface area contributed by atoms with Crippen molar-refractivity contribution in [1.82, 2.24) is 19.7 Å². The molecule has 2 aromatic heterocycles. The molecule has 8 heteroatoms. The number of aromatic carboxylic acids is 1. The predicted molar refractivity (Wildman–Crippen MR) is 72.9 cm³/mol. The number of pyridine rings is 1. The molecule has 3 heterocycles. The van der Waals surface area contributed by atoms with Gasteiger partial charge in [-0.2, -0.15) is 0 Å². The van der Waals surface area contributed by atoms with Crippen molar-refractivity contribution >= 4 is 17.7 Å². The van der Waals surface area contributed by atoms with Crippen LogP contribution in [0, 0.1) is 5.82 Å². The smallest absolute Gasteiger partial charge is 0.338 e. The van der Waals surface area contributed by atoms with Gasteiger partial charge in [-0.15, -0.1) is 10.2 Å². The Balaban J connectivity index is 1.93. The van der Waals surface area contributed by atoms with Crippen LogP contribution >= 0.6 is 11.8 Å². The van der Waals surface area contributed by atoms with Gasteiger partial charge in [0.25, 0.3) is 0 Å². The summed E-state index contributed by atoms with van der Waals surface area (Å²) in [5, 5.41) is 17.7. The minimum absolute atomic E-state index is 0.00865. The lowest BCUT2D eigenvalue weighted by Crippen LogP contribution is -2.05. The molecule has 21 heavy (non-hydrogen) atoms. The van der Waals surface area contributed by atoms with E-state index in [-0.39, 0.29) is 10.6 Å². The molecule has 0 atom stereocenters. The van der Waals surface area contributed by atoms with Crippen LogP contribution in [0.15, 0.2) is 22.4 Å². The maximum absolute atomic E-state index is 14.1. The van der Waals surface area contributed by atoms with Gasteiger partial charge in [-0.05, 0) is 30.7 Å². The minimum atomic E-state index is -1.31. The summed E-state index contributed by atoms with van der Waals surface area (Å²) in [6.45, 7) is 0.797. The Morgan fingerprint density at radius 3 is 3.00 bits per heavy atom. The molecule has 110 valence electrons. The molecule has 0 fully saturated rings. The normalized spacial score (nSPS) is 14.5. The second-order valence-corrected chi connectivity index (χ2v) is 5.70. The SMILES string of the molecule is O=C(O)c1ccnc(Sc2nnc3n2CCCCC3)c1F. The molecule has 0 bridgehead atoms. The van der Waals surface area contributed by atoms with Crippen molar-refractivity contribution in [2.24, 2.45) is 0 Å². The molecule has 0 aromatic carbocycles. The Morgan fingerprint density at radius 2 is 2.19 bits per heavy atom. The third kappa shape index (κ3) is 2.76. The molecule has 6 nitrogen and oxygen atoms in total. The van der Waals surface area contributed by atoms with E-state index in [2.05, 4.69) is 15.2 Å². The molecule has 0 amide bonds. The van der Waals surface area contributed by atoms with Crippen molar-refractivity contribution in [3.05, 3.63) is 29.5 Å². The lowest BCUT2D eigenvalue weighted by molar-refractivity contribution is 0.0691. The number of hydrogen-bond acceptors (Lipinski definition) is 5. The topological polar surface area (TPSA) is 80.9 Å². The first-order chi connectivity index (χ1) is 10.2. The Morgan fingerprint density at radius 1 is 1.33 bits per heavy atom. The van der Waals surface area contributed by atoms with E-state index in [1.165, 1.54) is 6.20 Å². The van der Waals surface area contributed by atoms with Gasteiger partial charge >= 0.3 is 5.97 Å². The minimum Gasteiger partial charge on any atom is -0.478 e. The van der Waals surface area contributed by atoms with Crippen molar-refractivity contribution in [2.45, 2.75) is 42.4 Å². The van der Waals surface area contributed by atoms with Gasteiger partial charge in [0.2, 0.25) is 0 Å². The first-order valence-electron chi connectivity index (χ1n) is 6.64. The molecule has 0 radical (unpaired) electrons. The molecule has 3 rings (SSSR count). The van der Waals surface area contributed by atoms with Gasteiger partial charge in [0.1, 0.15) is 10.9 Å². The first kappa shape index (κ1) is 14.0. The Kier molecular flexibility index (Phi) is 3.87. The van der Waals surface area contributed by atoms with E-state index in [1.54, 1.807) is 0 Å². The van der Waals surface area contributed by atoms with Crippen LogP contribution in [0.2, 0.25) is 0 Å². The summed E-state index contributed by atoms with van der Waals surface area (Å²) in [6, 6.07) is 1.14. The van der Waals surface area contributed by atoms with Gasteiger partial charge in [-0.25, -0.2) is 14.2 Å². The molecular formula is C13H13FN4O2S. The van der Waals surface area contributed by atoms with Gasteiger partial charge in [0, 0.05) is 19.2 Å². The highest BCUT2D eigenvalue weighted by molar-refractivity contribution is 7.99. The fourth-order valence-corrected chi connectivity index (χ4v) is 3.16. The molecular weight excluding hydrogens is 295 g/mol. The van der Waals surface area contributed by atoms with Crippen LogP contribution in [0.25, 0.3) is 0 Å². The lowest BCUT2D eigenvalue weighted by atomic mass is 10.2. The fraction of sp³-hybridized carbons (Fsp3) is 0.385. The van der Waals surface area contributed by atoms with E-state index in [0.717, 1.165) is 55.9 Å². The van der Waals surface area contributed by atoms with Crippen LogP contribution in [-0.4, -0.2) is 30.8 Å². The Bertz CT molecular complexity index is 689. The van der Waals surface area contributed by atoms with Crippen molar-refractivity contribution < 1.29 is 14.3 Å². The molecule has 2 aromatic rings. The predicted octanol–water partition coefficient (Wildman–Crippen LogP) is 2.39. The van der Waals surface area contributed by atoms with Crippen LogP contribution in [0.3, 0.4) is 0 Å². The molecule has 1 aliphatic rings. The van der Waals surface area contributed by atoms with E-state index in [9.17, 15) is 9.18 Å². The molecule has 0 spiro atoms. The van der Waals surface area contributed by atoms with Crippen LogP contribution in [0.5, 0.6) is 0 Å². The van der Waals surface area contributed by atoms with Crippen LogP contribution in [0.1, 0.15) is 35.4 Å². The largest absolute Gasteiger partial charge is 0.478 e. The number of carboxylic acid groups (broad SMARTS) is 1. The number of fused-ring (bicyclic) bond motifs is 1. The van der Waals surface area contributed by atoms with E-state index in [0.29, 0.717) is 5.16 Å². The lowest BCUT2D eigenvalue weighted by Gasteiger charge is -2.07. The van der Waals surface area contributed by atoms with Gasteiger partial charge in [0.15, 0.2) is 11.0 Å². The first-order valence-corrected chi connectivity index (χ1v) is 7.46. The molecule has 0 aliphatic carbocycles. The van der Waals surface area contributed by atoms with E-state index in [4.69, 9.17) is 5.11 Å². The number of aryl methyl sites for hydroxylation is 1. The zero-order valence-electron chi connectivity index (χ0n) is 11.1. The number of nitrogens with zero attached hydrogens (tertiary/aromatic N) is 4. The number of halogens is 1. The number of hydrogen-bond donors (Lipinski definition) is 1. The maximum Gasteiger partial charge on any atom is 0.338 e. The maximum atomic E-state index is 14.1. The fourth-order valence-electron chi connectivity index (χ4n) is 2.28. The highest BCUT2D eigenvalue weighted by atomic mass is 32.2. The molecule has 1 aliphatic heterocycles. The summed E-state index contributed by atoms with van der Waals surface area (Å²) >= 11 is 1.02. The zero-order chi connectivity index (χ0) is 14.8. The van der Waals surface area contributed by atoms with Crippen LogP contribution in [-0.2, 0) is 13.0 Å². The van der Waals surface area contributed by atoms with Gasteiger partial charge < -0.3 is 9.67 Å². The van der Waals surface area contributed by atoms with E-state index in [1.807, 2.05) is 4.57 Å². The monoisotopic (exact) mass is 308 g/mol. The summed E-state index contributed by atoms with van der Waals surface area (Å²) in [6.07, 6.45) is 5.38. The zero-order valence-corrected chi connectivity index (χ0v) is 11.9. The Hall–Kier alpha value is -1.96.